The number of carbonyl (C=O) groups excluding carboxylic acids is 2. The van der Waals surface area contributed by atoms with E-state index in [-0.39, 0.29) is 6.61 Å². The summed E-state index contributed by atoms with van der Waals surface area (Å²) in [5.74, 6) is -0.981. The number of hydrogen-bond donors (Lipinski definition) is 1. The molecule has 0 atom stereocenters. The minimum absolute atomic E-state index is 0.152. The summed E-state index contributed by atoms with van der Waals surface area (Å²) in [7, 11) is 0. The number of aliphatic hydroxyl groups excluding tert-OH is 1. The van der Waals surface area contributed by atoms with Gasteiger partial charge < -0.3 is 10.0 Å². The largest absolute Gasteiger partial charge is 0.396 e. The molecule has 0 saturated heterocycles. The van der Waals surface area contributed by atoms with Gasteiger partial charge in [0.25, 0.3) is 11.7 Å². The quantitative estimate of drug-likeness (QED) is 0.656. The molecule has 0 aliphatic carbocycles. The molecule has 1 amide bonds. The summed E-state index contributed by atoms with van der Waals surface area (Å²) in [5, 5.41) is 9.15. The van der Waals surface area contributed by atoms with Crippen molar-refractivity contribution in [2.75, 3.05) is 18.1 Å². The summed E-state index contributed by atoms with van der Waals surface area (Å²) >= 11 is 5.82. The average Bonchev–Trinajstić information content (AvgIpc) is 2.59. The maximum atomic E-state index is 11.8. The minimum Gasteiger partial charge on any atom is -0.396 e. The van der Waals surface area contributed by atoms with E-state index in [0.29, 0.717) is 29.2 Å². The fourth-order valence-electron chi connectivity index (χ4n) is 2.05. The van der Waals surface area contributed by atoms with Crippen LogP contribution in [-0.4, -0.2) is 29.9 Å². The van der Waals surface area contributed by atoms with Gasteiger partial charge in [-0.3, -0.25) is 9.59 Å². The minimum atomic E-state index is -0.491. The number of hydrogen-bond acceptors (Lipinski definition) is 3. The molecule has 18 heavy (non-hydrogen) atoms. The Hall–Kier alpha value is -1.39. The number of benzene rings is 1. The number of aliphatic hydroxyl groups is 1. The van der Waals surface area contributed by atoms with Crippen LogP contribution < -0.4 is 4.90 Å². The molecule has 0 spiro atoms. The zero-order valence-corrected chi connectivity index (χ0v) is 10.6. The number of ketones is 1. The second kappa shape index (κ2) is 5.50. The van der Waals surface area contributed by atoms with E-state index in [1.807, 2.05) is 0 Å². The molecule has 5 heteroatoms. The Morgan fingerprint density at radius 3 is 2.67 bits per heavy atom. The number of nitrogens with zero attached hydrogens (tertiary/aromatic N) is 1. The number of anilines is 1. The van der Waals surface area contributed by atoms with E-state index in [2.05, 4.69) is 0 Å². The van der Waals surface area contributed by atoms with Crippen LogP contribution in [0.15, 0.2) is 18.2 Å². The number of carbonyl (C=O) groups is 2. The number of rotatable bonds is 5. The third-order valence-electron chi connectivity index (χ3n) is 2.97. The maximum Gasteiger partial charge on any atom is 0.299 e. The first kappa shape index (κ1) is 13.1. The fourth-order valence-corrected chi connectivity index (χ4v) is 2.23. The molecule has 1 N–H and O–H groups in total. The molecule has 0 unspecified atom stereocenters. The lowest BCUT2D eigenvalue weighted by Crippen LogP contribution is -2.30. The number of Topliss-reactive ketones (excluding diaryl/α,β-unsaturated/α-hetero) is 1. The zero-order valence-electron chi connectivity index (χ0n) is 9.86. The molecule has 1 heterocycles. The predicted octanol–water partition coefficient (Wildman–Crippen LogP) is 2.03. The lowest BCUT2D eigenvalue weighted by Gasteiger charge is -2.16. The number of unbranched alkanes of at least 4 members (excludes halogenated alkanes) is 2. The lowest BCUT2D eigenvalue weighted by molar-refractivity contribution is -0.114. The van der Waals surface area contributed by atoms with Crippen LogP contribution in [0.4, 0.5) is 5.69 Å². The summed E-state index contributed by atoms with van der Waals surface area (Å²) in [4.78, 5) is 25.1. The van der Waals surface area contributed by atoms with E-state index in [1.54, 1.807) is 12.1 Å². The van der Waals surface area contributed by atoms with E-state index < -0.39 is 11.7 Å². The summed E-state index contributed by atoms with van der Waals surface area (Å²) in [6, 6.07) is 4.91. The van der Waals surface area contributed by atoms with Gasteiger partial charge in [0.15, 0.2) is 0 Å². The topological polar surface area (TPSA) is 57.6 Å². The van der Waals surface area contributed by atoms with Crippen LogP contribution in [0, 0.1) is 0 Å². The van der Waals surface area contributed by atoms with Gasteiger partial charge in [0.1, 0.15) is 0 Å². The van der Waals surface area contributed by atoms with Crippen LogP contribution in [0.25, 0.3) is 0 Å². The van der Waals surface area contributed by atoms with Crippen molar-refractivity contribution in [1.82, 2.24) is 0 Å². The van der Waals surface area contributed by atoms with Crippen molar-refractivity contribution < 1.29 is 14.7 Å². The molecular formula is C13H14ClNO3. The van der Waals surface area contributed by atoms with Crippen molar-refractivity contribution in [2.45, 2.75) is 19.3 Å². The second-order valence-corrected chi connectivity index (χ2v) is 4.67. The summed E-state index contributed by atoms with van der Waals surface area (Å²) in [6.45, 7) is 0.651. The molecule has 4 nitrogen and oxygen atoms in total. The van der Waals surface area contributed by atoms with Gasteiger partial charge >= 0.3 is 0 Å². The molecule has 96 valence electrons. The van der Waals surface area contributed by atoms with E-state index in [1.165, 1.54) is 11.0 Å². The van der Waals surface area contributed by atoms with Crippen LogP contribution in [0.1, 0.15) is 29.6 Å². The molecule has 1 aromatic rings. The SMILES string of the molecule is O=C1C(=O)N(CCCCCO)c2ccc(Cl)cc21. The number of halogens is 1. The van der Waals surface area contributed by atoms with E-state index in [9.17, 15) is 9.59 Å². The molecule has 0 bridgehead atoms. The highest BCUT2D eigenvalue weighted by atomic mass is 35.5. The smallest absolute Gasteiger partial charge is 0.299 e. The van der Waals surface area contributed by atoms with Gasteiger partial charge in [0.2, 0.25) is 0 Å². The Labute approximate surface area is 110 Å². The first-order valence-electron chi connectivity index (χ1n) is 5.91. The first-order valence-corrected chi connectivity index (χ1v) is 6.29. The lowest BCUT2D eigenvalue weighted by atomic mass is 10.1. The van der Waals surface area contributed by atoms with Gasteiger partial charge in [-0.25, -0.2) is 0 Å². The molecule has 0 aromatic heterocycles. The summed E-state index contributed by atoms with van der Waals surface area (Å²) < 4.78 is 0. The van der Waals surface area contributed by atoms with Crippen molar-refractivity contribution in [3.8, 4) is 0 Å². The highest BCUT2D eigenvalue weighted by Gasteiger charge is 2.35. The van der Waals surface area contributed by atoms with E-state index in [4.69, 9.17) is 16.7 Å². The average molecular weight is 268 g/mol. The Bertz CT molecular complexity index is 487. The van der Waals surface area contributed by atoms with E-state index in [0.717, 1.165) is 12.8 Å². The van der Waals surface area contributed by atoms with Crippen molar-refractivity contribution >= 4 is 29.0 Å². The molecule has 1 aliphatic heterocycles. The first-order chi connectivity index (χ1) is 8.65. The third-order valence-corrected chi connectivity index (χ3v) is 3.21. The van der Waals surface area contributed by atoms with Gasteiger partial charge in [-0.15, -0.1) is 0 Å². The van der Waals surface area contributed by atoms with Crippen molar-refractivity contribution in [1.29, 1.82) is 0 Å². The molecule has 0 radical (unpaired) electrons. The highest BCUT2D eigenvalue weighted by molar-refractivity contribution is 6.52. The molecular weight excluding hydrogens is 254 g/mol. The van der Waals surface area contributed by atoms with Crippen molar-refractivity contribution in [2.24, 2.45) is 0 Å². The van der Waals surface area contributed by atoms with Gasteiger partial charge in [-0.1, -0.05) is 11.6 Å². The van der Waals surface area contributed by atoms with Crippen LogP contribution in [0.3, 0.4) is 0 Å². The Morgan fingerprint density at radius 2 is 1.94 bits per heavy atom. The molecule has 0 fully saturated rings. The van der Waals surface area contributed by atoms with Crippen LogP contribution in [0.5, 0.6) is 0 Å². The zero-order chi connectivity index (χ0) is 13.1. The normalized spacial score (nSPS) is 14.2. The van der Waals surface area contributed by atoms with Crippen LogP contribution in [-0.2, 0) is 4.79 Å². The number of amides is 1. The highest BCUT2D eigenvalue weighted by Crippen LogP contribution is 2.31. The van der Waals surface area contributed by atoms with Gasteiger partial charge in [0.05, 0.1) is 11.3 Å². The Kier molecular flexibility index (Phi) is 3.99. The van der Waals surface area contributed by atoms with Crippen LogP contribution >= 0.6 is 11.6 Å². The van der Waals surface area contributed by atoms with Gasteiger partial charge in [-0.2, -0.15) is 0 Å². The predicted molar refractivity (Wildman–Crippen MR) is 69.1 cm³/mol. The van der Waals surface area contributed by atoms with Gasteiger partial charge in [0, 0.05) is 18.2 Å². The second-order valence-electron chi connectivity index (χ2n) is 4.23. The van der Waals surface area contributed by atoms with E-state index >= 15 is 0 Å². The Balaban J connectivity index is 2.13. The third kappa shape index (κ3) is 2.40. The molecule has 0 saturated carbocycles. The standard InChI is InChI=1S/C13H14ClNO3/c14-9-4-5-11-10(8-9)12(17)13(18)15(11)6-2-1-3-7-16/h4-5,8,16H,1-3,6-7H2. The monoisotopic (exact) mass is 267 g/mol. The summed E-state index contributed by atoms with van der Waals surface area (Å²) in [5.41, 5.74) is 1.02. The van der Waals surface area contributed by atoms with Crippen molar-refractivity contribution in [3.05, 3.63) is 28.8 Å². The Morgan fingerprint density at radius 1 is 1.17 bits per heavy atom. The van der Waals surface area contributed by atoms with Crippen molar-refractivity contribution in [3.63, 3.8) is 0 Å². The molecule has 1 aromatic carbocycles. The maximum absolute atomic E-state index is 11.8. The number of fused-ring (bicyclic) bond motifs is 1. The summed E-state index contributed by atoms with van der Waals surface area (Å²) in [6.07, 6.45) is 2.31. The fraction of sp³-hybridized carbons (Fsp3) is 0.385. The molecule has 1 aliphatic rings. The van der Waals surface area contributed by atoms with Gasteiger partial charge in [-0.05, 0) is 37.5 Å². The van der Waals surface area contributed by atoms with Crippen LogP contribution in [0.2, 0.25) is 5.02 Å². The molecule has 2 rings (SSSR count).